The molecule has 1 aromatic rings. The van der Waals surface area contributed by atoms with E-state index in [0.717, 1.165) is 25.7 Å². The summed E-state index contributed by atoms with van der Waals surface area (Å²) in [6.45, 7) is 2.17. The van der Waals surface area contributed by atoms with Crippen LogP contribution in [0.1, 0.15) is 38.6 Å². The van der Waals surface area contributed by atoms with Crippen molar-refractivity contribution in [1.29, 1.82) is 0 Å². The Morgan fingerprint density at radius 3 is 2.94 bits per heavy atom. The van der Waals surface area contributed by atoms with Crippen LogP contribution in [0.3, 0.4) is 0 Å². The predicted molar refractivity (Wildman–Crippen MR) is 60.0 cm³/mol. The number of carboxylic acid groups (broad SMARTS) is 1. The molecule has 1 heterocycles. The Morgan fingerprint density at radius 1 is 1.56 bits per heavy atom. The summed E-state index contributed by atoms with van der Waals surface area (Å²) in [7, 11) is 0. The van der Waals surface area contributed by atoms with E-state index < -0.39 is 5.97 Å². The molecule has 0 aromatic carbocycles. The number of aliphatic carboxylic acids is 1. The predicted octanol–water partition coefficient (Wildman–Crippen LogP) is 2.34. The first kappa shape index (κ1) is 11.2. The zero-order chi connectivity index (χ0) is 11.5. The van der Waals surface area contributed by atoms with Gasteiger partial charge in [0, 0.05) is 12.4 Å². The Morgan fingerprint density at radius 2 is 2.38 bits per heavy atom. The third-order valence-electron chi connectivity index (χ3n) is 3.68. The minimum absolute atomic E-state index is 0.0335. The molecule has 1 aromatic heterocycles. The van der Waals surface area contributed by atoms with Gasteiger partial charge in [-0.1, -0.05) is 13.3 Å². The fourth-order valence-electron chi connectivity index (χ4n) is 2.66. The van der Waals surface area contributed by atoms with Gasteiger partial charge in [0.2, 0.25) is 0 Å². The topological polar surface area (TPSA) is 55.1 Å². The highest BCUT2D eigenvalue weighted by Gasteiger charge is 2.35. The van der Waals surface area contributed by atoms with Gasteiger partial charge in [0.05, 0.1) is 12.0 Å². The van der Waals surface area contributed by atoms with Crippen molar-refractivity contribution in [1.82, 2.24) is 9.78 Å². The third-order valence-corrected chi connectivity index (χ3v) is 3.68. The molecule has 2 rings (SSSR count). The summed E-state index contributed by atoms with van der Waals surface area (Å²) in [6, 6.07) is 1.89. The molecular weight excluding hydrogens is 204 g/mol. The van der Waals surface area contributed by atoms with E-state index in [4.69, 9.17) is 0 Å². The first-order chi connectivity index (χ1) is 7.72. The Labute approximate surface area is 95.3 Å². The van der Waals surface area contributed by atoms with E-state index in [1.807, 2.05) is 16.9 Å². The molecule has 4 nitrogen and oxygen atoms in total. The lowest BCUT2D eigenvalue weighted by Gasteiger charge is -2.33. The second-order valence-electron chi connectivity index (χ2n) is 4.59. The van der Waals surface area contributed by atoms with Crippen LogP contribution in [0.25, 0.3) is 0 Å². The molecule has 0 saturated heterocycles. The molecule has 1 N–H and O–H groups in total. The van der Waals surface area contributed by atoms with Crippen molar-refractivity contribution in [3.05, 3.63) is 18.5 Å². The Hall–Kier alpha value is -1.32. The van der Waals surface area contributed by atoms with Gasteiger partial charge < -0.3 is 5.11 Å². The average Bonchev–Trinajstić information content (AvgIpc) is 2.81. The second kappa shape index (κ2) is 4.68. The van der Waals surface area contributed by atoms with Crippen molar-refractivity contribution in [3.8, 4) is 0 Å². The minimum atomic E-state index is -0.685. The van der Waals surface area contributed by atoms with Crippen molar-refractivity contribution in [2.75, 3.05) is 0 Å². The highest BCUT2D eigenvalue weighted by atomic mass is 16.4. The van der Waals surface area contributed by atoms with Crippen LogP contribution in [0.4, 0.5) is 0 Å². The zero-order valence-electron chi connectivity index (χ0n) is 9.54. The van der Waals surface area contributed by atoms with Gasteiger partial charge in [-0.2, -0.15) is 5.10 Å². The lowest BCUT2D eigenvalue weighted by Crippen LogP contribution is -2.32. The lowest BCUT2D eigenvalue weighted by atomic mass is 9.77. The van der Waals surface area contributed by atoms with Crippen LogP contribution in [-0.4, -0.2) is 20.9 Å². The lowest BCUT2D eigenvalue weighted by molar-refractivity contribution is -0.145. The van der Waals surface area contributed by atoms with Gasteiger partial charge in [0.25, 0.3) is 0 Å². The Kier molecular flexibility index (Phi) is 3.27. The molecule has 3 atom stereocenters. The number of hydrogen-bond acceptors (Lipinski definition) is 2. The van der Waals surface area contributed by atoms with E-state index in [1.165, 1.54) is 0 Å². The highest BCUT2D eigenvalue weighted by Crippen LogP contribution is 2.38. The maximum Gasteiger partial charge on any atom is 0.308 e. The van der Waals surface area contributed by atoms with Gasteiger partial charge in [-0.05, 0) is 31.2 Å². The molecule has 1 aliphatic rings. The Bertz CT molecular complexity index is 348. The van der Waals surface area contributed by atoms with Crippen LogP contribution in [0.2, 0.25) is 0 Å². The molecule has 0 aliphatic heterocycles. The molecule has 1 aliphatic carbocycles. The van der Waals surface area contributed by atoms with Crippen LogP contribution in [0.5, 0.6) is 0 Å². The van der Waals surface area contributed by atoms with Crippen LogP contribution >= 0.6 is 0 Å². The van der Waals surface area contributed by atoms with E-state index in [0.29, 0.717) is 5.92 Å². The van der Waals surface area contributed by atoms with E-state index in [1.54, 1.807) is 6.20 Å². The molecule has 16 heavy (non-hydrogen) atoms. The Balaban J connectivity index is 2.18. The van der Waals surface area contributed by atoms with Crippen LogP contribution in [0, 0.1) is 11.8 Å². The normalized spacial score (nSPS) is 30.2. The molecule has 0 spiro atoms. The highest BCUT2D eigenvalue weighted by molar-refractivity contribution is 5.70. The molecule has 0 bridgehead atoms. The van der Waals surface area contributed by atoms with E-state index in [9.17, 15) is 9.90 Å². The molecule has 3 unspecified atom stereocenters. The molecule has 1 fully saturated rings. The first-order valence-corrected chi connectivity index (χ1v) is 5.94. The van der Waals surface area contributed by atoms with Crippen molar-refractivity contribution in [2.24, 2.45) is 11.8 Å². The molecule has 1 saturated carbocycles. The van der Waals surface area contributed by atoms with Gasteiger partial charge in [0.15, 0.2) is 0 Å². The summed E-state index contributed by atoms with van der Waals surface area (Å²) in [6.07, 6.45) is 7.47. The zero-order valence-corrected chi connectivity index (χ0v) is 9.54. The van der Waals surface area contributed by atoms with Crippen LogP contribution in [0.15, 0.2) is 18.5 Å². The van der Waals surface area contributed by atoms with Crippen molar-refractivity contribution >= 4 is 5.97 Å². The minimum Gasteiger partial charge on any atom is -0.481 e. The standard InChI is InChI=1S/C12H18N2O2/c1-2-9-4-5-10(12(15)16)11(8-9)14-7-3-6-13-14/h3,6-7,9-11H,2,4-5,8H2,1H3,(H,15,16). The number of carbonyl (C=O) groups is 1. The summed E-state index contributed by atoms with van der Waals surface area (Å²) < 4.78 is 1.82. The van der Waals surface area contributed by atoms with Gasteiger partial charge in [-0.15, -0.1) is 0 Å². The monoisotopic (exact) mass is 222 g/mol. The van der Waals surface area contributed by atoms with Crippen LogP contribution < -0.4 is 0 Å². The van der Waals surface area contributed by atoms with Gasteiger partial charge in [-0.3, -0.25) is 9.48 Å². The van der Waals surface area contributed by atoms with E-state index in [-0.39, 0.29) is 12.0 Å². The quantitative estimate of drug-likeness (QED) is 0.854. The molecular formula is C12H18N2O2. The molecule has 4 heteroatoms. The number of nitrogens with zero attached hydrogens (tertiary/aromatic N) is 2. The molecule has 88 valence electrons. The number of carboxylic acids is 1. The third kappa shape index (κ3) is 2.10. The second-order valence-corrected chi connectivity index (χ2v) is 4.59. The van der Waals surface area contributed by atoms with Crippen molar-refractivity contribution in [2.45, 2.75) is 38.6 Å². The number of aromatic nitrogens is 2. The summed E-state index contributed by atoms with van der Waals surface area (Å²) in [5, 5.41) is 13.4. The van der Waals surface area contributed by atoms with E-state index in [2.05, 4.69) is 12.0 Å². The average molecular weight is 222 g/mol. The van der Waals surface area contributed by atoms with Crippen LogP contribution in [-0.2, 0) is 4.79 Å². The molecule has 0 radical (unpaired) electrons. The summed E-state index contributed by atoms with van der Waals surface area (Å²) in [5.41, 5.74) is 0. The SMILES string of the molecule is CCC1CCC(C(=O)O)C(n2cccn2)C1. The van der Waals surface area contributed by atoms with Gasteiger partial charge >= 0.3 is 5.97 Å². The first-order valence-electron chi connectivity index (χ1n) is 5.94. The summed E-state index contributed by atoms with van der Waals surface area (Å²) in [4.78, 5) is 11.2. The smallest absolute Gasteiger partial charge is 0.308 e. The fourth-order valence-corrected chi connectivity index (χ4v) is 2.66. The van der Waals surface area contributed by atoms with E-state index >= 15 is 0 Å². The van der Waals surface area contributed by atoms with Crippen molar-refractivity contribution < 1.29 is 9.90 Å². The number of hydrogen-bond donors (Lipinski definition) is 1. The maximum atomic E-state index is 11.2. The largest absolute Gasteiger partial charge is 0.481 e. The molecule has 0 amide bonds. The van der Waals surface area contributed by atoms with Crippen molar-refractivity contribution in [3.63, 3.8) is 0 Å². The maximum absolute atomic E-state index is 11.2. The van der Waals surface area contributed by atoms with Gasteiger partial charge in [0.1, 0.15) is 0 Å². The van der Waals surface area contributed by atoms with Gasteiger partial charge in [-0.25, -0.2) is 0 Å². The summed E-state index contributed by atoms with van der Waals surface area (Å²) >= 11 is 0. The number of rotatable bonds is 3. The summed E-state index contributed by atoms with van der Waals surface area (Å²) in [5.74, 6) is -0.317. The fraction of sp³-hybridized carbons (Fsp3) is 0.667.